The molecule has 1 fully saturated rings. The molecule has 1 N–H and O–H groups in total. The van der Waals surface area contributed by atoms with Crippen molar-refractivity contribution < 1.29 is 13.2 Å². The molecular weight excluding hydrogens is 295 g/mol. The van der Waals surface area contributed by atoms with E-state index in [0.717, 1.165) is 25.9 Å². The largest absolute Gasteiger partial charge is 0.435 e. The van der Waals surface area contributed by atoms with Crippen molar-refractivity contribution in [1.82, 2.24) is 20.0 Å². The summed E-state index contributed by atoms with van der Waals surface area (Å²) >= 11 is 0. The third kappa shape index (κ3) is 3.92. The molecule has 5 nitrogen and oxygen atoms in total. The number of aryl methyl sites for hydroxylation is 1. The maximum atomic E-state index is 12.9. The van der Waals surface area contributed by atoms with Crippen molar-refractivity contribution in [3.8, 4) is 0 Å². The molecule has 0 bridgehead atoms. The Hall–Kier alpha value is -1.73. The summed E-state index contributed by atoms with van der Waals surface area (Å²) in [6, 6.07) is 0. The number of aliphatic imine (C=N–C) groups is 1. The number of nitrogens with zero attached hydrogens (tertiary/aromatic N) is 4. The van der Waals surface area contributed by atoms with E-state index < -0.39 is 11.9 Å². The lowest BCUT2D eigenvalue weighted by Gasteiger charge is -2.32. The molecule has 0 unspecified atom stereocenters. The zero-order valence-corrected chi connectivity index (χ0v) is 13.1. The smallest absolute Gasteiger partial charge is 0.352 e. The Morgan fingerprint density at radius 2 is 2.05 bits per heavy atom. The van der Waals surface area contributed by atoms with Crippen molar-refractivity contribution in [2.75, 3.05) is 20.1 Å². The zero-order valence-electron chi connectivity index (χ0n) is 13.1. The highest BCUT2D eigenvalue weighted by atomic mass is 19.4. The first kappa shape index (κ1) is 16.6. The van der Waals surface area contributed by atoms with Gasteiger partial charge in [0.15, 0.2) is 11.7 Å². The summed E-state index contributed by atoms with van der Waals surface area (Å²) in [7, 11) is 3.13. The fourth-order valence-electron chi connectivity index (χ4n) is 2.63. The first-order valence-corrected chi connectivity index (χ1v) is 7.36. The lowest BCUT2D eigenvalue weighted by Crippen LogP contribution is -2.45. The van der Waals surface area contributed by atoms with Gasteiger partial charge in [-0.25, -0.2) is 0 Å². The topological polar surface area (TPSA) is 45.5 Å². The van der Waals surface area contributed by atoms with Crippen LogP contribution in [0.1, 0.15) is 31.0 Å². The number of hydrogen-bond acceptors (Lipinski definition) is 2. The van der Waals surface area contributed by atoms with E-state index in [1.54, 1.807) is 7.05 Å². The maximum absolute atomic E-state index is 12.9. The van der Waals surface area contributed by atoms with Crippen molar-refractivity contribution in [2.24, 2.45) is 18.0 Å². The van der Waals surface area contributed by atoms with Gasteiger partial charge in [0.1, 0.15) is 0 Å². The number of rotatable bonds is 2. The number of nitrogens with one attached hydrogen (secondary N) is 1. The van der Waals surface area contributed by atoms with Gasteiger partial charge in [-0.3, -0.25) is 9.67 Å². The second-order valence-corrected chi connectivity index (χ2v) is 5.74. The molecule has 8 heteroatoms. The van der Waals surface area contributed by atoms with E-state index in [0.29, 0.717) is 11.9 Å². The molecule has 22 heavy (non-hydrogen) atoms. The second kappa shape index (κ2) is 6.58. The fraction of sp³-hybridized carbons (Fsp3) is 0.714. The lowest BCUT2D eigenvalue weighted by atomic mass is 10.00. The van der Waals surface area contributed by atoms with Gasteiger partial charge in [0.05, 0.1) is 0 Å². The Kier molecular flexibility index (Phi) is 4.97. The summed E-state index contributed by atoms with van der Waals surface area (Å²) in [5.41, 5.74) is -0.716. The van der Waals surface area contributed by atoms with Gasteiger partial charge in [-0.1, -0.05) is 6.92 Å². The normalized spacial score (nSPS) is 17.9. The standard InChI is InChI=1S/C14H22F3N5/c1-10-4-6-22(7-5-10)13(18-2)19-8-11-9-21(3)20-12(11)14(15,16)17/h9-10H,4-8H2,1-3H3,(H,18,19). The molecule has 0 aromatic carbocycles. The molecule has 0 aliphatic carbocycles. The van der Waals surface area contributed by atoms with E-state index in [4.69, 9.17) is 0 Å². The van der Waals surface area contributed by atoms with Crippen LogP contribution in [0.25, 0.3) is 0 Å². The van der Waals surface area contributed by atoms with Gasteiger partial charge in [-0.05, 0) is 18.8 Å². The minimum Gasteiger partial charge on any atom is -0.352 e. The second-order valence-electron chi connectivity index (χ2n) is 5.74. The molecule has 124 valence electrons. The maximum Gasteiger partial charge on any atom is 0.435 e. The zero-order chi connectivity index (χ0) is 16.3. The van der Waals surface area contributed by atoms with Crippen LogP contribution in [0.2, 0.25) is 0 Å². The number of hydrogen-bond donors (Lipinski definition) is 1. The molecule has 1 saturated heterocycles. The van der Waals surface area contributed by atoms with Gasteiger partial charge in [-0.2, -0.15) is 18.3 Å². The van der Waals surface area contributed by atoms with Crippen LogP contribution in [-0.2, 0) is 19.8 Å². The third-order valence-electron chi connectivity index (χ3n) is 3.91. The summed E-state index contributed by atoms with van der Waals surface area (Å²) in [5, 5.41) is 6.52. The van der Waals surface area contributed by atoms with E-state index in [1.165, 1.54) is 17.9 Å². The predicted octanol–water partition coefficient (Wildman–Crippen LogP) is 2.25. The molecular formula is C14H22F3N5. The Morgan fingerprint density at radius 1 is 1.41 bits per heavy atom. The number of halogens is 3. The van der Waals surface area contributed by atoms with E-state index in [1.807, 2.05) is 0 Å². The minimum absolute atomic E-state index is 0.0570. The van der Waals surface area contributed by atoms with Crippen LogP contribution in [0.3, 0.4) is 0 Å². The third-order valence-corrected chi connectivity index (χ3v) is 3.91. The molecule has 1 aliphatic heterocycles. The van der Waals surface area contributed by atoms with Gasteiger partial charge in [-0.15, -0.1) is 0 Å². The van der Waals surface area contributed by atoms with Crippen LogP contribution in [0, 0.1) is 5.92 Å². The predicted molar refractivity (Wildman–Crippen MR) is 78.4 cm³/mol. The average molecular weight is 317 g/mol. The first-order valence-electron chi connectivity index (χ1n) is 7.36. The number of piperidine rings is 1. The molecule has 1 aromatic rings. The van der Waals surface area contributed by atoms with Crippen LogP contribution in [0.15, 0.2) is 11.2 Å². The van der Waals surface area contributed by atoms with Crippen LogP contribution in [-0.4, -0.2) is 40.8 Å². The highest BCUT2D eigenvalue weighted by Gasteiger charge is 2.36. The average Bonchev–Trinajstić information content (AvgIpc) is 2.82. The molecule has 2 heterocycles. The molecule has 0 amide bonds. The van der Waals surface area contributed by atoms with Crippen molar-refractivity contribution >= 4 is 5.96 Å². The van der Waals surface area contributed by atoms with Gasteiger partial charge in [0, 0.05) is 45.5 Å². The molecule has 0 spiro atoms. The quantitative estimate of drug-likeness (QED) is 0.672. The van der Waals surface area contributed by atoms with Crippen molar-refractivity contribution in [1.29, 1.82) is 0 Å². The molecule has 0 atom stereocenters. The van der Waals surface area contributed by atoms with Crippen LogP contribution < -0.4 is 5.32 Å². The van der Waals surface area contributed by atoms with Gasteiger partial charge < -0.3 is 10.2 Å². The van der Waals surface area contributed by atoms with E-state index >= 15 is 0 Å². The van der Waals surface area contributed by atoms with Crippen LogP contribution in [0.5, 0.6) is 0 Å². The first-order chi connectivity index (χ1) is 10.3. The summed E-state index contributed by atoms with van der Waals surface area (Å²) in [6.45, 7) is 4.01. The molecule has 2 rings (SSSR count). The molecule has 1 aliphatic rings. The number of aromatic nitrogens is 2. The summed E-state index contributed by atoms with van der Waals surface area (Å²) in [4.78, 5) is 6.26. The van der Waals surface area contributed by atoms with E-state index in [-0.39, 0.29) is 12.1 Å². The van der Waals surface area contributed by atoms with Gasteiger partial charge in [0.25, 0.3) is 0 Å². The van der Waals surface area contributed by atoms with Crippen molar-refractivity contribution in [3.05, 3.63) is 17.5 Å². The number of alkyl halides is 3. The fourth-order valence-corrected chi connectivity index (χ4v) is 2.63. The van der Waals surface area contributed by atoms with Gasteiger partial charge in [0.2, 0.25) is 0 Å². The van der Waals surface area contributed by atoms with E-state index in [9.17, 15) is 13.2 Å². The highest BCUT2D eigenvalue weighted by Crippen LogP contribution is 2.30. The van der Waals surface area contributed by atoms with Crippen LogP contribution in [0.4, 0.5) is 13.2 Å². The number of likely N-dealkylation sites (tertiary alicyclic amines) is 1. The lowest BCUT2D eigenvalue weighted by molar-refractivity contribution is -0.142. The van der Waals surface area contributed by atoms with Crippen molar-refractivity contribution in [3.63, 3.8) is 0 Å². The molecule has 0 saturated carbocycles. The van der Waals surface area contributed by atoms with Crippen LogP contribution >= 0.6 is 0 Å². The summed E-state index contributed by atoms with van der Waals surface area (Å²) in [6.07, 6.45) is -0.910. The Bertz CT molecular complexity index is 527. The Balaban J connectivity index is 2.03. The monoisotopic (exact) mass is 317 g/mol. The van der Waals surface area contributed by atoms with Crippen molar-refractivity contribution in [2.45, 2.75) is 32.5 Å². The van der Waals surface area contributed by atoms with E-state index in [2.05, 4.69) is 27.2 Å². The Morgan fingerprint density at radius 3 is 2.59 bits per heavy atom. The van der Waals surface area contributed by atoms with Gasteiger partial charge >= 0.3 is 6.18 Å². The SMILES string of the molecule is CN=C(NCc1cn(C)nc1C(F)(F)F)N1CCC(C)CC1. The molecule has 0 radical (unpaired) electrons. The number of guanidine groups is 1. The summed E-state index contributed by atoms with van der Waals surface area (Å²) in [5.74, 6) is 1.33. The highest BCUT2D eigenvalue weighted by molar-refractivity contribution is 5.79. The minimum atomic E-state index is -4.44. The Labute approximate surface area is 128 Å². The summed E-state index contributed by atoms with van der Waals surface area (Å²) < 4.78 is 40.0. The molecule has 1 aromatic heterocycles.